The van der Waals surface area contributed by atoms with Gasteiger partial charge in [0.25, 0.3) is 0 Å². The van der Waals surface area contributed by atoms with Gasteiger partial charge >= 0.3 is 6.03 Å². The molecule has 0 aliphatic rings. The van der Waals surface area contributed by atoms with Gasteiger partial charge in [-0.25, -0.2) is 4.79 Å². The zero-order valence-electron chi connectivity index (χ0n) is 12.6. The fraction of sp³-hybridized carbons (Fsp3) is 0.533. The maximum absolute atomic E-state index is 11.5. The Hall–Kier alpha value is -1.75. The largest absolute Gasteiger partial charge is 0.497 e. The number of carbonyl (C=O) groups is 1. The molecule has 2 amide bonds. The van der Waals surface area contributed by atoms with Crippen molar-refractivity contribution in [2.75, 3.05) is 40.8 Å². The average molecular weight is 279 g/mol. The van der Waals surface area contributed by atoms with Crippen molar-refractivity contribution in [2.24, 2.45) is 0 Å². The van der Waals surface area contributed by atoms with E-state index in [4.69, 9.17) is 4.74 Å². The second-order valence-electron chi connectivity index (χ2n) is 4.94. The second kappa shape index (κ2) is 9.20. The minimum atomic E-state index is -0.0998. The highest BCUT2D eigenvalue weighted by molar-refractivity contribution is 5.73. The summed E-state index contributed by atoms with van der Waals surface area (Å²) in [7, 11) is 5.70. The first-order valence-corrected chi connectivity index (χ1v) is 6.91. The number of carbonyl (C=O) groups excluding carboxylic acids is 1. The summed E-state index contributed by atoms with van der Waals surface area (Å²) in [6.07, 6.45) is 1.77. The Bertz CT molecular complexity index is 391. The van der Waals surface area contributed by atoms with E-state index in [1.54, 1.807) is 7.11 Å². The van der Waals surface area contributed by atoms with Crippen LogP contribution in [-0.4, -0.2) is 51.8 Å². The first-order chi connectivity index (χ1) is 9.61. The third-order valence-electron chi connectivity index (χ3n) is 2.93. The van der Waals surface area contributed by atoms with Crippen LogP contribution in [0.1, 0.15) is 12.0 Å². The van der Waals surface area contributed by atoms with E-state index in [0.29, 0.717) is 13.1 Å². The molecular formula is C15H25N3O2. The van der Waals surface area contributed by atoms with Crippen molar-refractivity contribution in [3.05, 3.63) is 29.8 Å². The van der Waals surface area contributed by atoms with E-state index in [9.17, 15) is 4.79 Å². The van der Waals surface area contributed by atoms with Gasteiger partial charge in [0.1, 0.15) is 5.75 Å². The summed E-state index contributed by atoms with van der Waals surface area (Å²) < 4.78 is 5.10. The molecule has 0 heterocycles. The zero-order valence-corrected chi connectivity index (χ0v) is 12.6. The summed E-state index contributed by atoms with van der Waals surface area (Å²) in [4.78, 5) is 13.6. The molecule has 1 aromatic carbocycles. The Morgan fingerprint density at radius 2 is 1.80 bits per heavy atom. The predicted octanol–water partition coefficient (Wildman–Crippen LogP) is 1.49. The fourth-order valence-corrected chi connectivity index (χ4v) is 1.77. The van der Waals surface area contributed by atoms with E-state index in [1.165, 1.54) is 5.56 Å². The lowest BCUT2D eigenvalue weighted by molar-refractivity contribution is 0.240. The molecule has 1 rings (SSSR count). The summed E-state index contributed by atoms with van der Waals surface area (Å²) in [5.74, 6) is 0.848. The van der Waals surface area contributed by atoms with Crippen molar-refractivity contribution < 1.29 is 9.53 Å². The Morgan fingerprint density at radius 1 is 1.15 bits per heavy atom. The lowest BCUT2D eigenvalue weighted by atomic mass is 10.1. The Morgan fingerprint density at radius 3 is 2.40 bits per heavy atom. The molecule has 2 N–H and O–H groups in total. The lowest BCUT2D eigenvalue weighted by Crippen LogP contribution is -2.37. The molecule has 0 unspecified atom stereocenters. The Kier molecular flexibility index (Phi) is 7.50. The normalized spacial score (nSPS) is 10.4. The molecule has 112 valence electrons. The molecule has 0 radical (unpaired) electrons. The van der Waals surface area contributed by atoms with Crippen molar-refractivity contribution in [1.82, 2.24) is 15.5 Å². The van der Waals surface area contributed by atoms with Crippen molar-refractivity contribution in [2.45, 2.75) is 12.8 Å². The van der Waals surface area contributed by atoms with Crippen LogP contribution in [0, 0.1) is 0 Å². The van der Waals surface area contributed by atoms with Gasteiger partial charge in [-0.15, -0.1) is 0 Å². The zero-order chi connectivity index (χ0) is 14.8. The fourth-order valence-electron chi connectivity index (χ4n) is 1.77. The summed E-state index contributed by atoms with van der Waals surface area (Å²) in [6, 6.07) is 7.77. The van der Waals surface area contributed by atoms with Crippen LogP contribution < -0.4 is 15.4 Å². The molecule has 0 saturated carbocycles. The van der Waals surface area contributed by atoms with Crippen LogP contribution in [0.2, 0.25) is 0 Å². The number of rotatable bonds is 8. The molecule has 0 bridgehead atoms. The molecule has 5 heteroatoms. The van der Waals surface area contributed by atoms with Crippen molar-refractivity contribution >= 4 is 6.03 Å². The first kappa shape index (κ1) is 16.3. The number of nitrogens with zero attached hydrogens (tertiary/aromatic N) is 1. The van der Waals surface area contributed by atoms with Crippen LogP contribution >= 0.6 is 0 Å². The van der Waals surface area contributed by atoms with E-state index in [1.807, 2.05) is 38.4 Å². The average Bonchev–Trinajstić information content (AvgIpc) is 2.44. The van der Waals surface area contributed by atoms with Crippen molar-refractivity contribution in [1.29, 1.82) is 0 Å². The number of ether oxygens (including phenoxy) is 1. The number of amides is 2. The maximum Gasteiger partial charge on any atom is 0.314 e. The maximum atomic E-state index is 11.5. The molecule has 0 fully saturated rings. The topological polar surface area (TPSA) is 53.6 Å². The predicted molar refractivity (Wildman–Crippen MR) is 81.3 cm³/mol. The Labute approximate surface area is 121 Å². The SMILES string of the molecule is COc1ccc(CCNC(=O)NCCCN(C)C)cc1. The summed E-state index contributed by atoms with van der Waals surface area (Å²) >= 11 is 0. The number of nitrogens with one attached hydrogen (secondary N) is 2. The van der Waals surface area contributed by atoms with Crippen LogP contribution in [0.5, 0.6) is 5.75 Å². The minimum Gasteiger partial charge on any atom is -0.497 e. The highest BCUT2D eigenvalue weighted by Gasteiger charge is 2.00. The standard InChI is InChI=1S/C15H25N3O2/c1-18(2)12-4-10-16-15(19)17-11-9-13-5-7-14(20-3)8-6-13/h5-8H,4,9-12H2,1-3H3,(H2,16,17,19). The minimum absolute atomic E-state index is 0.0998. The van der Waals surface area contributed by atoms with Gasteiger partial charge in [0.15, 0.2) is 0 Å². The third kappa shape index (κ3) is 6.99. The van der Waals surface area contributed by atoms with Crippen LogP contribution in [0.15, 0.2) is 24.3 Å². The highest BCUT2D eigenvalue weighted by Crippen LogP contribution is 2.11. The van der Waals surface area contributed by atoms with Gasteiger partial charge in [-0.3, -0.25) is 0 Å². The summed E-state index contributed by atoms with van der Waals surface area (Å²) in [6.45, 7) is 2.31. The molecule has 0 spiro atoms. The molecule has 1 aromatic rings. The van der Waals surface area contributed by atoms with E-state index < -0.39 is 0 Å². The summed E-state index contributed by atoms with van der Waals surface area (Å²) in [5.41, 5.74) is 1.18. The number of hydrogen-bond donors (Lipinski definition) is 2. The van der Waals surface area contributed by atoms with Gasteiger partial charge in [-0.2, -0.15) is 0 Å². The number of benzene rings is 1. The molecule has 0 saturated heterocycles. The quantitative estimate of drug-likeness (QED) is 0.709. The van der Waals surface area contributed by atoms with Gasteiger partial charge in [0.05, 0.1) is 7.11 Å². The van der Waals surface area contributed by atoms with E-state index in [2.05, 4.69) is 15.5 Å². The molecule has 5 nitrogen and oxygen atoms in total. The van der Waals surface area contributed by atoms with Crippen LogP contribution in [0.3, 0.4) is 0 Å². The van der Waals surface area contributed by atoms with Gasteiger partial charge in [-0.05, 0) is 51.2 Å². The third-order valence-corrected chi connectivity index (χ3v) is 2.93. The second-order valence-corrected chi connectivity index (χ2v) is 4.94. The molecule has 20 heavy (non-hydrogen) atoms. The van der Waals surface area contributed by atoms with Crippen molar-refractivity contribution in [3.8, 4) is 5.75 Å². The summed E-state index contributed by atoms with van der Waals surface area (Å²) in [5, 5.41) is 5.70. The van der Waals surface area contributed by atoms with Crippen LogP contribution in [0.4, 0.5) is 4.79 Å². The van der Waals surface area contributed by atoms with Crippen molar-refractivity contribution in [3.63, 3.8) is 0 Å². The molecular weight excluding hydrogens is 254 g/mol. The molecule has 0 aliphatic carbocycles. The number of urea groups is 1. The lowest BCUT2D eigenvalue weighted by Gasteiger charge is -2.10. The number of methoxy groups -OCH3 is 1. The number of hydrogen-bond acceptors (Lipinski definition) is 3. The smallest absolute Gasteiger partial charge is 0.314 e. The molecule has 0 aromatic heterocycles. The monoisotopic (exact) mass is 279 g/mol. The van der Waals surface area contributed by atoms with Gasteiger partial charge in [0.2, 0.25) is 0 Å². The Balaban J connectivity index is 2.11. The van der Waals surface area contributed by atoms with E-state index >= 15 is 0 Å². The van der Waals surface area contributed by atoms with Gasteiger partial charge in [-0.1, -0.05) is 12.1 Å². The van der Waals surface area contributed by atoms with E-state index in [-0.39, 0.29) is 6.03 Å². The van der Waals surface area contributed by atoms with Crippen LogP contribution in [0.25, 0.3) is 0 Å². The van der Waals surface area contributed by atoms with E-state index in [0.717, 1.165) is 25.1 Å². The van der Waals surface area contributed by atoms with Gasteiger partial charge < -0.3 is 20.3 Å². The van der Waals surface area contributed by atoms with Gasteiger partial charge in [0, 0.05) is 13.1 Å². The molecule has 0 aliphatic heterocycles. The molecule has 0 atom stereocenters. The first-order valence-electron chi connectivity index (χ1n) is 6.91. The van der Waals surface area contributed by atoms with Crippen LogP contribution in [-0.2, 0) is 6.42 Å². The highest BCUT2D eigenvalue weighted by atomic mass is 16.5.